The maximum absolute atomic E-state index is 12.6. The van der Waals surface area contributed by atoms with Crippen molar-refractivity contribution in [3.05, 3.63) is 18.0 Å². The van der Waals surface area contributed by atoms with E-state index in [2.05, 4.69) is 9.97 Å². The number of halogens is 3. The average molecular weight is 251 g/mol. The van der Waals surface area contributed by atoms with Crippen LogP contribution in [0.1, 0.15) is 12.5 Å². The molecule has 0 spiro atoms. The van der Waals surface area contributed by atoms with Crippen molar-refractivity contribution in [2.45, 2.75) is 36.5 Å². The minimum atomic E-state index is -4.35. The fraction of sp³-hybridized carbons (Fsp3) is 0.556. The van der Waals surface area contributed by atoms with Crippen LogP contribution < -0.4 is 5.73 Å². The number of nitrogens with two attached hydrogens (primary N) is 1. The second-order valence-electron chi connectivity index (χ2n) is 3.48. The Bertz CT molecular complexity index is 337. The van der Waals surface area contributed by atoms with Crippen molar-refractivity contribution in [2.24, 2.45) is 5.73 Å². The van der Waals surface area contributed by atoms with Crippen molar-refractivity contribution in [3.8, 4) is 0 Å². The van der Waals surface area contributed by atoms with E-state index in [1.165, 1.54) is 19.3 Å². The summed E-state index contributed by atoms with van der Waals surface area (Å²) < 4.78 is 37.7. The summed E-state index contributed by atoms with van der Waals surface area (Å²) in [6.07, 6.45) is -1.40. The zero-order valence-corrected chi connectivity index (χ0v) is 9.64. The Morgan fingerprint density at radius 3 is 2.19 bits per heavy atom. The molecule has 0 aromatic carbocycles. The molecule has 3 nitrogen and oxygen atoms in total. The zero-order valence-electron chi connectivity index (χ0n) is 8.82. The quantitative estimate of drug-likeness (QED) is 0.660. The molecule has 0 bridgehead atoms. The van der Waals surface area contributed by atoms with Gasteiger partial charge in [-0.05, 0) is 19.4 Å². The molecule has 0 amide bonds. The van der Waals surface area contributed by atoms with Crippen LogP contribution in [-0.2, 0) is 0 Å². The van der Waals surface area contributed by atoms with Gasteiger partial charge >= 0.3 is 6.18 Å². The molecule has 16 heavy (non-hydrogen) atoms. The highest BCUT2D eigenvalue weighted by Crippen LogP contribution is 2.34. The number of nitrogens with zero attached hydrogens (tertiary/aromatic N) is 2. The summed E-state index contributed by atoms with van der Waals surface area (Å²) in [4.78, 5) is 7.62. The van der Waals surface area contributed by atoms with Gasteiger partial charge in [-0.1, -0.05) is 11.8 Å². The van der Waals surface area contributed by atoms with Gasteiger partial charge in [0.25, 0.3) is 0 Å². The molecule has 0 aliphatic rings. The predicted molar refractivity (Wildman–Crippen MR) is 56.1 cm³/mol. The van der Waals surface area contributed by atoms with Gasteiger partial charge in [0, 0.05) is 18.4 Å². The number of hydrogen-bond donors (Lipinski definition) is 1. The molecule has 1 aromatic rings. The first-order valence-electron chi connectivity index (χ1n) is 4.58. The Labute approximate surface area is 95.7 Å². The van der Waals surface area contributed by atoms with Crippen molar-refractivity contribution >= 4 is 11.8 Å². The smallest absolute Gasteiger partial charge is 0.327 e. The van der Waals surface area contributed by atoms with Gasteiger partial charge in [0.05, 0.1) is 0 Å². The van der Waals surface area contributed by atoms with Crippen molar-refractivity contribution in [3.63, 3.8) is 0 Å². The van der Waals surface area contributed by atoms with Crippen LogP contribution in [0.15, 0.2) is 17.6 Å². The highest BCUT2D eigenvalue weighted by atomic mass is 32.2. The van der Waals surface area contributed by atoms with Gasteiger partial charge in [-0.15, -0.1) is 0 Å². The molecule has 0 aliphatic carbocycles. The Hall–Kier alpha value is -0.820. The number of aryl methyl sites for hydroxylation is 1. The molecule has 2 N–H and O–H groups in total. The molecule has 1 heterocycles. The van der Waals surface area contributed by atoms with E-state index in [-0.39, 0.29) is 5.16 Å². The first-order valence-corrected chi connectivity index (χ1v) is 5.46. The van der Waals surface area contributed by atoms with Crippen LogP contribution in [0.25, 0.3) is 0 Å². The van der Waals surface area contributed by atoms with Gasteiger partial charge in [-0.25, -0.2) is 9.97 Å². The molecule has 0 fully saturated rings. The SMILES string of the molecule is Cc1cnc(SC(C(C)N)C(F)(F)F)nc1. The second-order valence-corrected chi connectivity index (χ2v) is 4.59. The molecule has 2 unspecified atom stereocenters. The largest absolute Gasteiger partial charge is 0.402 e. The first kappa shape index (κ1) is 13.2. The molecule has 1 aromatic heterocycles. The molecular formula is C9H12F3N3S. The molecule has 0 saturated heterocycles. The Morgan fingerprint density at radius 2 is 1.81 bits per heavy atom. The molecule has 1 rings (SSSR count). The molecular weight excluding hydrogens is 239 g/mol. The van der Waals surface area contributed by atoms with Crippen molar-refractivity contribution in [1.29, 1.82) is 0 Å². The van der Waals surface area contributed by atoms with E-state index in [0.717, 1.165) is 5.56 Å². The van der Waals surface area contributed by atoms with E-state index in [1.54, 1.807) is 6.92 Å². The molecule has 0 aliphatic heterocycles. The lowest BCUT2D eigenvalue weighted by atomic mass is 10.2. The number of aromatic nitrogens is 2. The molecule has 0 radical (unpaired) electrons. The monoisotopic (exact) mass is 251 g/mol. The topological polar surface area (TPSA) is 51.8 Å². The second kappa shape index (κ2) is 5.01. The normalized spacial score (nSPS) is 15.9. The number of rotatable bonds is 3. The maximum atomic E-state index is 12.6. The summed E-state index contributed by atoms with van der Waals surface area (Å²) in [6, 6.07) is -1.00. The van der Waals surface area contributed by atoms with E-state index < -0.39 is 17.5 Å². The zero-order chi connectivity index (χ0) is 12.3. The lowest BCUT2D eigenvalue weighted by Crippen LogP contribution is -2.40. The summed E-state index contributed by atoms with van der Waals surface area (Å²) in [6.45, 7) is 3.08. The highest BCUT2D eigenvalue weighted by Gasteiger charge is 2.43. The highest BCUT2D eigenvalue weighted by molar-refractivity contribution is 7.99. The van der Waals surface area contributed by atoms with Crippen LogP contribution in [0, 0.1) is 6.92 Å². The minimum Gasteiger partial charge on any atom is -0.327 e. The van der Waals surface area contributed by atoms with Gasteiger partial charge in [0.15, 0.2) is 5.16 Å². The molecule has 7 heteroatoms. The van der Waals surface area contributed by atoms with Crippen LogP contribution in [-0.4, -0.2) is 27.4 Å². The molecule has 90 valence electrons. The van der Waals surface area contributed by atoms with Crippen molar-refractivity contribution in [1.82, 2.24) is 9.97 Å². The summed E-state index contributed by atoms with van der Waals surface area (Å²) in [5, 5.41) is -1.60. The van der Waals surface area contributed by atoms with Crippen LogP contribution in [0.3, 0.4) is 0 Å². The Balaban J connectivity index is 2.80. The predicted octanol–water partition coefficient (Wildman–Crippen LogP) is 2.16. The summed E-state index contributed by atoms with van der Waals surface area (Å²) in [5.41, 5.74) is 6.10. The van der Waals surface area contributed by atoms with Crippen LogP contribution >= 0.6 is 11.8 Å². The van der Waals surface area contributed by atoms with Gasteiger partial charge in [-0.2, -0.15) is 13.2 Å². The van der Waals surface area contributed by atoms with Crippen LogP contribution in [0.2, 0.25) is 0 Å². The third-order valence-electron chi connectivity index (χ3n) is 1.79. The number of hydrogen-bond acceptors (Lipinski definition) is 4. The van der Waals surface area contributed by atoms with Gasteiger partial charge < -0.3 is 5.73 Å². The standard InChI is InChI=1S/C9H12F3N3S/c1-5-3-14-8(15-4-5)16-7(6(2)13)9(10,11)12/h3-4,6-7H,13H2,1-2H3. The summed E-state index contributed by atoms with van der Waals surface area (Å²) in [5.74, 6) is 0. The van der Waals surface area contributed by atoms with E-state index in [9.17, 15) is 13.2 Å². The lowest BCUT2D eigenvalue weighted by Gasteiger charge is -2.21. The van der Waals surface area contributed by atoms with Crippen LogP contribution in [0.4, 0.5) is 13.2 Å². The van der Waals surface area contributed by atoms with E-state index in [0.29, 0.717) is 11.8 Å². The Kier molecular flexibility index (Phi) is 4.15. The van der Waals surface area contributed by atoms with Crippen molar-refractivity contribution in [2.75, 3.05) is 0 Å². The number of alkyl halides is 3. The summed E-state index contributed by atoms with van der Waals surface area (Å²) in [7, 11) is 0. The summed E-state index contributed by atoms with van der Waals surface area (Å²) >= 11 is 0.540. The minimum absolute atomic E-state index is 0.0882. The van der Waals surface area contributed by atoms with Crippen molar-refractivity contribution < 1.29 is 13.2 Å². The van der Waals surface area contributed by atoms with Gasteiger partial charge in [0.2, 0.25) is 0 Å². The fourth-order valence-electron chi connectivity index (χ4n) is 1.03. The van der Waals surface area contributed by atoms with E-state index in [4.69, 9.17) is 5.73 Å². The maximum Gasteiger partial charge on any atom is 0.402 e. The number of thioether (sulfide) groups is 1. The van der Waals surface area contributed by atoms with Gasteiger partial charge in [-0.3, -0.25) is 0 Å². The molecule has 0 saturated carbocycles. The van der Waals surface area contributed by atoms with E-state index in [1.807, 2.05) is 0 Å². The average Bonchev–Trinajstić information content (AvgIpc) is 2.14. The Morgan fingerprint density at radius 1 is 1.31 bits per heavy atom. The van der Waals surface area contributed by atoms with Gasteiger partial charge in [0.1, 0.15) is 5.25 Å². The lowest BCUT2D eigenvalue weighted by molar-refractivity contribution is -0.131. The molecule has 2 atom stereocenters. The third kappa shape index (κ3) is 3.64. The fourth-order valence-corrected chi connectivity index (χ4v) is 1.83. The van der Waals surface area contributed by atoms with E-state index >= 15 is 0 Å². The van der Waals surface area contributed by atoms with Crippen LogP contribution in [0.5, 0.6) is 0 Å². The first-order chi connectivity index (χ1) is 7.30. The third-order valence-corrected chi connectivity index (χ3v) is 3.16.